The van der Waals surface area contributed by atoms with Crippen LogP contribution in [0.25, 0.3) is 0 Å². The highest BCUT2D eigenvalue weighted by molar-refractivity contribution is 7.97. The van der Waals surface area contributed by atoms with E-state index in [1.165, 1.54) is 14.7 Å². The third-order valence-corrected chi connectivity index (χ3v) is 8.00. The van der Waals surface area contributed by atoms with Crippen molar-refractivity contribution in [3.63, 3.8) is 0 Å². The van der Waals surface area contributed by atoms with E-state index in [4.69, 9.17) is 23.7 Å². The largest absolute Gasteiger partial charge is 0.489 e. The lowest BCUT2D eigenvalue weighted by Crippen LogP contribution is -2.18. The number of benzene rings is 4. The lowest BCUT2D eigenvalue weighted by molar-refractivity contribution is -0.0651. The Balaban J connectivity index is 1.50. The van der Waals surface area contributed by atoms with Crippen LogP contribution in [0.3, 0.4) is 0 Å². The molecule has 6 heteroatoms. The van der Waals surface area contributed by atoms with Gasteiger partial charge in [0.2, 0.25) is 0 Å². The summed E-state index contributed by atoms with van der Waals surface area (Å²) in [6, 6.07) is 35.4. The summed E-state index contributed by atoms with van der Waals surface area (Å²) < 4.78 is 29.2. The molecule has 4 aromatic carbocycles. The standard InChI is InChI=1S/C33H37O5S/c1-5-34-25(3)37-29-21-27(22-30(23-29)38-26(4)35-6-2)24-36-28-17-19-33(20-18-28)39(31-13-9-7-10-14-31)32-15-11-8-12-16-32/h7-23,25-26H,5-6,24H2,1-4H3/q+1. The Morgan fingerprint density at radius 2 is 1.03 bits per heavy atom. The molecule has 2 atom stereocenters. The zero-order valence-electron chi connectivity index (χ0n) is 23.0. The summed E-state index contributed by atoms with van der Waals surface area (Å²) >= 11 is 0. The highest BCUT2D eigenvalue weighted by Crippen LogP contribution is 2.32. The fourth-order valence-corrected chi connectivity index (χ4v) is 6.21. The summed E-state index contributed by atoms with van der Waals surface area (Å²) in [4.78, 5) is 3.80. The predicted molar refractivity (Wildman–Crippen MR) is 156 cm³/mol. The van der Waals surface area contributed by atoms with Gasteiger partial charge in [-0.2, -0.15) is 0 Å². The second-order valence-corrected chi connectivity index (χ2v) is 10.8. The molecule has 4 rings (SSSR count). The van der Waals surface area contributed by atoms with Gasteiger partial charge in [-0.1, -0.05) is 36.4 Å². The molecule has 0 aliphatic heterocycles. The molecule has 0 amide bonds. The van der Waals surface area contributed by atoms with Crippen molar-refractivity contribution in [2.45, 2.75) is 61.6 Å². The highest BCUT2D eigenvalue weighted by atomic mass is 32.2. The first kappa shape index (κ1) is 28.6. The van der Waals surface area contributed by atoms with Crippen LogP contribution in [0.2, 0.25) is 0 Å². The molecular weight excluding hydrogens is 508 g/mol. The van der Waals surface area contributed by atoms with Crippen molar-refractivity contribution in [2.24, 2.45) is 0 Å². The molecule has 0 heterocycles. The highest BCUT2D eigenvalue weighted by Gasteiger charge is 2.28. The van der Waals surface area contributed by atoms with Crippen molar-refractivity contribution in [1.82, 2.24) is 0 Å². The monoisotopic (exact) mass is 545 g/mol. The third-order valence-electron chi connectivity index (χ3n) is 5.77. The second-order valence-electron chi connectivity index (χ2n) is 8.79. The summed E-state index contributed by atoms with van der Waals surface area (Å²) in [5, 5.41) is 0. The van der Waals surface area contributed by atoms with E-state index in [9.17, 15) is 0 Å². The number of rotatable bonds is 14. The number of ether oxygens (including phenoxy) is 5. The molecule has 0 aliphatic rings. The van der Waals surface area contributed by atoms with Gasteiger partial charge in [-0.05, 0) is 93.9 Å². The molecule has 0 spiro atoms. The van der Waals surface area contributed by atoms with E-state index in [2.05, 4.69) is 72.8 Å². The minimum absolute atomic E-state index is 0.197. The Labute approximate surface area is 235 Å². The first-order valence-electron chi connectivity index (χ1n) is 13.3. The first-order valence-corrected chi connectivity index (χ1v) is 14.6. The van der Waals surface area contributed by atoms with E-state index < -0.39 is 0 Å². The molecule has 0 aromatic heterocycles. The molecule has 2 unspecified atom stereocenters. The molecule has 39 heavy (non-hydrogen) atoms. The van der Waals surface area contributed by atoms with E-state index in [0.29, 0.717) is 31.3 Å². The maximum Gasteiger partial charge on any atom is 0.196 e. The Morgan fingerprint density at radius 1 is 0.564 bits per heavy atom. The van der Waals surface area contributed by atoms with Gasteiger partial charge in [0, 0.05) is 19.3 Å². The molecule has 5 nitrogen and oxygen atoms in total. The average molecular weight is 546 g/mol. The summed E-state index contributed by atoms with van der Waals surface area (Å²) in [5.74, 6) is 2.10. The number of hydrogen-bond acceptors (Lipinski definition) is 5. The van der Waals surface area contributed by atoms with Gasteiger partial charge in [-0.3, -0.25) is 0 Å². The van der Waals surface area contributed by atoms with Gasteiger partial charge in [0.1, 0.15) is 23.9 Å². The fraction of sp³-hybridized carbons (Fsp3) is 0.273. The zero-order chi connectivity index (χ0) is 27.5. The van der Waals surface area contributed by atoms with Crippen molar-refractivity contribution in [3.8, 4) is 17.2 Å². The summed E-state index contributed by atoms with van der Waals surface area (Å²) in [7, 11) is -0.197. The van der Waals surface area contributed by atoms with Crippen molar-refractivity contribution in [2.75, 3.05) is 13.2 Å². The molecule has 0 fully saturated rings. The molecule has 204 valence electrons. The van der Waals surface area contributed by atoms with Crippen molar-refractivity contribution < 1.29 is 23.7 Å². The summed E-state index contributed by atoms with van der Waals surface area (Å²) in [5.41, 5.74) is 0.923. The van der Waals surface area contributed by atoms with Gasteiger partial charge in [0.15, 0.2) is 27.3 Å². The zero-order valence-corrected chi connectivity index (χ0v) is 23.9. The third kappa shape index (κ3) is 8.52. The van der Waals surface area contributed by atoms with Crippen LogP contribution in [0.1, 0.15) is 33.3 Å². The summed E-state index contributed by atoms with van der Waals surface area (Å²) in [6.07, 6.45) is -0.752. The van der Waals surface area contributed by atoms with E-state index in [1.54, 1.807) is 0 Å². The van der Waals surface area contributed by atoms with Crippen LogP contribution < -0.4 is 14.2 Å². The second kappa shape index (κ2) is 14.6. The van der Waals surface area contributed by atoms with E-state index >= 15 is 0 Å². The Morgan fingerprint density at radius 3 is 1.49 bits per heavy atom. The Bertz CT molecular complexity index is 1190. The fourth-order valence-electron chi connectivity index (χ4n) is 4.13. The maximum atomic E-state index is 6.18. The van der Waals surface area contributed by atoms with Gasteiger partial charge in [-0.25, -0.2) is 0 Å². The van der Waals surface area contributed by atoms with Gasteiger partial charge in [-0.15, -0.1) is 0 Å². The van der Waals surface area contributed by atoms with Crippen molar-refractivity contribution in [1.29, 1.82) is 0 Å². The average Bonchev–Trinajstić information content (AvgIpc) is 2.94. The minimum Gasteiger partial charge on any atom is -0.489 e. The van der Waals surface area contributed by atoms with Gasteiger partial charge in [0.05, 0.1) is 10.9 Å². The van der Waals surface area contributed by atoms with Gasteiger partial charge < -0.3 is 23.7 Å². The van der Waals surface area contributed by atoms with Crippen LogP contribution in [-0.4, -0.2) is 25.8 Å². The van der Waals surface area contributed by atoms with Crippen molar-refractivity contribution >= 4 is 10.9 Å². The molecule has 4 aromatic rings. The molecule has 0 saturated heterocycles. The van der Waals surface area contributed by atoms with Crippen LogP contribution in [0.15, 0.2) is 118 Å². The topological polar surface area (TPSA) is 46.2 Å². The molecule has 0 N–H and O–H groups in total. The predicted octanol–water partition coefficient (Wildman–Crippen LogP) is 7.88. The summed E-state index contributed by atoms with van der Waals surface area (Å²) in [6.45, 7) is 9.13. The quantitative estimate of drug-likeness (QED) is 0.119. The normalized spacial score (nSPS) is 12.6. The first-order chi connectivity index (χ1) is 19.1. The lowest BCUT2D eigenvalue weighted by Gasteiger charge is -2.19. The maximum absolute atomic E-state index is 6.18. The van der Waals surface area contributed by atoms with Crippen molar-refractivity contribution in [3.05, 3.63) is 109 Å². The number of hydrogen-bond donors (Lipinski definition) is 0. The van der Waals surface area contributed by atoms with Gasteiger partial charge in [0.25, 0.3) is 0 Å². The van der Waals surface area contributed by atoms with E-state index in [-0.39, 0.29) is 23.5 Å². The van der Waals surface area contributed by atoms with Crippen LogP contribution in [-0.2, 0) is 27.0 Å². The minimum atomic E-state index is -0.376. The van der Waals surface area contributed by atoms with Crippen LogP contribution >= 0.6 is 0 Å². The van der Waals surface area contributed by atoms with Gasteiger partial charge >= 0.3 is 0 Å². The molecule has 0 aliphatic carbocycles. The van der Waals surface area contributed by atoms with E-state index in [0.717, 1.165) is 11.3 Å². The van der Waals surface area contributed by atoms with Crippen LogP contribution in [0, 0.1) is 0 Å². The van der Waals surface area contributed by atoms with Crippen LogP contribution in [0.5, 0.6) is 17.2 Å². The SMILES string of the molecule is CCOC(C)Oc1cc(COc2ccc([S+](c3ccccc3)c3ccccc3)cc2)cc(OC(C)OCC)c1. The molecule has 0 saturated carbocycles. The van der Waals surface area contributed by atoms with E-state index in [1.807, 2.05) is 58.0 Å². The lowest BCUT2D eigenvalue weighted by atomic mass is 10.2. The van der Waals surface area contributed by atoms with Crippen LogP contribution in [0.4, 0.5) is 0 Å². The molecule has 0 bridgehead atoms. The Hall–Kier alpha value is -3.45. The molecule has 0 radical (unpaired) electrons. The Kier molecular flexibility index (Phi) is 10.7. The smallest absolute Gasteiger partial charge is 0.196 e. The molecular formula is C33H37O5S+.